The highest BCUT2D eigenvalue weighted by Gasteiger charge is 2.32. The Bertz CT molecular complexity index is 292. The molecule has 19 heavy (non-hydrogen) atoms. The summed E-state index contributed by atoms with van der Waals surface area (Å²) in [6, 6.07) is 0. The molecule has 0 N–H and O–H groups in total. The number of unbranched alkanes of at least 4 members (excludes halogenated alkanes) is 1. The fourth-order valence-corrected chi connectivity index (χ4v) is 2.69. The smallest absolute Gasteiger partial charge is 0.254 e. The van der Waals surface area contributed by atoms with Crippen LogP contribution in [0.25, 0.3) is 0 Å². The maximum absolute atomic E-state index is 8.42. The summed E-state index contributed by atoms with van der Waals surface area (Å²) in [5, 5.41) is 8.42. The predicted octanol–water partition coefficient (Wildman–Crippen LogP) is 4.99. The van der Waals surface area contributed by atoms with E-state index in [2.05, 4.69) is 31.7 Å². The van der Waals surface area contributed by atoms with Gasteiger partial charge >= 0.3 is 6.26 Å². The predicted molar refractivity (Wildman–Crippen MR) is 78.1 cm³/mol. The Morgan fingerprint density at radius 3 is 2.63 bits per heavy atom. The summed E-state index contributed by atoms with van der Waals surface area (Å²) >= 11 is 0. The van der Waals surface area contributed by atoms with Crippen molar-refractivity contribution in [2.45, 2.75) is 72.8 Å². The van der Waals surface area contributed by atoms with E-state index in [-0.39, 0.29) is 6.10 Å². The molecule has 0 radical (unpaired) electrons. The van der Waals surface area contributed by atoms with Crippen LogP contribution < -0.4 is 0 Å². The highest BCUT2D eigenvalue weighted by atomic mass is 17.2. The molecular weight excluding hydrogens is 238 g/mol. The molecule has 1 aliphatic carbocycles. The average Bonchev–Trinajstić information content (AvgIpc) is 2.44. The lowest BCUT2D eigenvalue weighted by Gasteiger charge is -2.33. The van der Waals surface area contributed by atoms with Gasteiger partial charge in [0.15, 0.2) is 0 Å². The molecule has 3 nitrogen and oxygen atoms in total. The molecule has 1 aliphatic rings. The molecule has 0 aromatic carbocycles. The van der Waals surface area contributed by atoms with Crippen LogP contribution >= 0.6 is 0 Å². The van der Waals surface area contributed by atoms with E-state index in [1.807, 2.05) is 13.8 Å². The maximum Gasteiger partial charge on any atom is 0.324 e. The number of nitriles is 1. The minimum atomic E-state index is 0.0338. The van der Waals surface area contributed by atoms with Gasteiger partial charge in [-0.15, -0.1) is 5.26 Å². The van der Waals surface area contributed by atoms with Crippen molar-refractivity contribution in [3.8, 4) is 6.26 Å². The average molecular weight is 267 g/mol. The van der Waals surface area contributed by atoms with E-state index < -0.39 is 0 Å². The lowest BCUT2D eigenvalue weighted by molar-refractivity contribution is -0.287. The summed E-state index contributed by atoms with van der Waals surface area (Å²) in [6.07, 6.45) is 9.53. The van der Waals surface area contributed by atoms with Crippen LogP contribution in [0.3, 0.4) is 0 Å². The van der Waals surface area contributed by atoms with Crippen LogP contribution in [0.2, 0.25) is 0 Å². The first kappa shape index (κ1) is 18.0. The molecule has 2 unspecified atom stereocenters. The van der Waals surface area contributed by atoms with Crippen LogP contribution in [0.1, 0.15) is 66.7 Å². The summed E-state index contributed by atoms with van der Waals surface area (Å²) in [5.74, 6) is 0.911. The van der Waals surface area contributed by atoms with Crippen LogP contribution in [0.4, 0.5) is 0 Å². The molecular formula is C16H29NO2. The summed E-state index contributed by atoms with van der Waals surface area (Å²) in [4.78, 5) is 9.70. The van der Waals surface area contributed by atoms with Crippen LogP contribution in [-0.4, -0.2) is 6.10 Å². The summed E-state index contributed by atoms with van der Waals surface area (Å²) in [6.45, 7) is 10.6. The molecule has 0 saturated heterocycles. The number of rotatable bonds is 6. The molecule has 0 amide bonds. The van der Waals surface area contributed by atoms with Crippen molar-refractivity contribution in [3.05, 3.63) is 11.6 Å². The van der Waals surface area contributed by atoms with Gasteiger partial charge in [-0.05, 0) is 31.6 Å². The molecule has 0 aromatic rings. The van der Waals surface area contributed by atoms with E-state index in [4.69, 9.17) is 10.1 Å². The third kappa shape index (κ3) is 6.11. The van der Waals surface area contributed by atoms with Crippen molar-refractivity contribution in [1.29, 1.82) is 5.26 Å². The zero-order valence-corrected chi connectivity index (χ0v) is 13.1. The van der Waals surface area contributed by atoms with Crippen LogP contribution in [0.15, 0.2) is 11.6 Å². The summed E-state index contributed by atoms with van der Waals surface area (Å²) in [5.41, 5.74) is 1.49. The number of nitrogens with zero attached hydrogens (tertiary/aromatic N) is 1. The first-order valence-electron chi connectivity index (χ1n) is 7.61. The van der Waals surface area contributed by atoms with Gasteiger partial charge in [0.2, 0.25) is 0 Å². The monoisotopic (exact) mass is 267 g/mol. The molecule has 0 bridgehead atoms. The van der Waals surface area contributed by atoms with E-state index in [0.717, 1.165) is 19.3 Å². The third-order valence-corrected chi connectivity index (χ3v) is 3.43. The summed E-state index contributed by atoms with van der Waals surface area (Å²) in [7, 11) is 0. The Morgan fingerprint density at radius 1 is 1.42 bits per heavy atom. The Labute approximate surface area is 118 Å². The summed E-state index contributed by atoms with van der Waals surface area (Å²) < 4.78 is 0. The largest absolute Gasteiger partial charge is 0.324 e. The molecule has 3 heteroatoms. The molecule has 0 saturated carbocycles. The molecule has 1 rings (SSSR count). The fraction of sp³-hybridized carbons (Fsp3) is 0.812. The van der Waals surface area contributed by atoms with Gasteiger partial charge in [-0.1, -0.05) is 52.7 Å². The second kappa shape index (κ2) is 10.9. The highest BCUT2D eigenvalue weighted by molar-refractivity contribution is 5.13. The van der Waals surface area contributed by atoms with E-state index in [1.165, 1.54) is 18.4 Å². The zero-order valence-electron chi connectivity index (χ0n) is 13.1. The quantitative estimate of drug-likeness (QED) is 0.294. The highest BCUT2D eigenvalue weighted by Crippen LogP contribution is 2.35. The van der Waals surface area contributed by atoms with Gasteiger partial charge < -0.3 is 0 Å². The van der Waals surface area contributed by atoms with Crippen molar-refractivity contribution >= 4 is 0 Å². The number of hydrogen-bond acceptors (Lipinski definition) is 3. The zero-order chi connectivity index (χ0) is 14.7. The Morgan fingerprint density at radius 2 is 2.11 bits per heavy atom. The van der Waals surface area contributed by atoms with Crippen molar-refractivity contribution < 1.29 is 9.78 Å². The van der Waals surface area contributed by atoms with E-state index in [9.17, 15) is 0 Å². The third-order valence-electron chi connectivity index (χ3n) is 3.43. The van der Waals surface area contributed by atoms with E-state index in [1.54, 1.807) is 6.26 Å². The molecule has 0 fully saturated rings. The van der Waals surface area contributed by atoms with Gasteiger partial charge in [-0.25, -0.2) is 0 Å². The first-order valence-corrected chi connectivity index (χ1v) is 7.61. The fourth-order valence-electron chi connectivity index (χ4n) is 2.69. The maximum atomic E-state index is 8.42. The van der Waals surface area contributed by atoms with Crippen LogP contribution in [0, 0.1) is 23.4 Å². The number of allylic oxidation sites excluding steroid dienone is 1. The van der Waals surface area contributed by atoms with Crippen molar-refractivity contribution in [1.82, 2.24) is 0 Å². The molecule has 110 valence electrons. The molecule has 0 aromatic heterocycles. The molecule has 2 atom stereocenters. The second-order valence-electron chi connectivity index (χ2n) is 5.04. The Balaban J connectivity index is 0.00000154. The first-order chi connectivity index (χ1) is 9.20. The number of hydrogen-bond donors (Lipinski definition) is 0. The van der Waals surface area contributed by atoms with Gasteiger partial charge in [0, 0.05) is 5.92 Å². The van der Waals surface area contributed by atoms with Crippen molar-refractivity contribution in [2.75, 3.05) is 0 Å². The van der Waals surface area contributed by atoms with Gasteiger partial charge in [-0.3, -0.25) is 4.89 Å². The topological polar surface area (TPSA) is 42.2 Å². The van der Waals surface area contributed by atoms with E-state index >= 15 is 0 Å². The van der Waals surface area contributed by atoms with E-state index in [0.29, 0.717) is 11.8 Å². The molecule has 0 spiro atoms. The second-order valence-corrected chi connectivity index (χ2v) is 5.04. The standard InChI is InChI=1S/C14H23NO2.C2H6/c1-4-5-7-12-8-6-9-13(17-16-10-15)14(12)11(2)3;1-2/h8,11,13-14H,4-7,9H2,1-3H3;1-2H3. The SMILES string of the molecule is CC.CCCCC1=CCCC(OOC#N)C1C(C)C. The molecule has 0 aliphatic heterocycles. The van der Waals surface area contributed by atoms with Gasteiger partial charge in [-0.2, -0.15) is 4.89 Å². The van der Waals surface area contributed by atoms with Crippen molar-refractivity contribution in [3.63, 3.8) is 0 Å². The minimum Gasteiger partial charge on any atom is -0.254 e. The van der Waals surface area contributed by atoms with Gasteiger partial charge in [0.05, 0.1) is 0 Å². The normalized spacial score (nSPS) is 22.1. The lowest BCUT2D eigenvalue weighted by atomic mass is 9.76. The van der Waals surface area contributed by atoms with Crippen molar-refractivity contribution in [2.24, 2.45) is 11.8 Å². The minimum absolute atomic E-state index is 0.0338. The Kier molecular flexibility index (Phi) is 10.3. The lowest BCUT2D eigenvalue weighted by Crippen LogP contribution is -2.32. The van der Waals surface area contributed by atoms with Crippen LogP contribution in [-0.2, 0) is 9.78 Å². The molecule has 0 heterocycles. The Hall–Kier alpha value is -1.01. The van der Waals surface area contributed by atoms with Crippen LogP contribution in [0.5, 0.6) is 0 Å². The van der Waals surface area contributed by atoms with Gasteiger partial charge in [0.1, 0.15) is 6.10 Å². The van der Waals surface area contributed by atoms with Gasteiger partial charge in [0.25, 0.3) is 0 Å².